The van der Waals surface area contributed by atoms with Gasteiger partial charge >= 0.3 is 0 Å². The lowest BCUT2D eigenvalue weighted by molar-refractivity contribution is 0.107. The first-order valence-corrected chi connectivity index (χ1v) is 9.15. The third-order valence-electron chi connectivity index (χ3n) is 1.84. The van der Waals surface area contributed by atoms with Gasteiger partial charge < -0.3 is 0 Å². The Morgan fingerprint density at radius 1 is 0.889 bits per heavy atom. The second-order valence-corrected chi connectivity index (χ2v) is 7.67. The van der Waals surface area contributed by atoms with Crippen molar-refractivity contribution in [1.29, 1.82) is 0 Å². The van der Waals surface area contributed by atoms with Gasteiger partial charge in [-0.2, -0.15) is 0 Å². The molecular formula is C10H4Cl2O2S4. The molecule has 2 aromatic heterocycles. The molecule has 0 saturated carbocycles. The van der Waals surface area contributed by atoms with Gasteiger partial charge in [0, 0.05) is 9.79 Å². The molecule has 0 atom stereocenters. The second-order valence-electron chi connectivity index (χ2n) is 2.94. The van der Waals surface area contributed by atoms with Gasteiger partial charge in [0.25, 0.3) is 10.5 Å². The Kier molecular flexibility index (Phi) is 5.17. The van der Waals surface area contributed by atoms with Crippen LogP contribution in [0.5, 0.6) is 0 Å². The summed E-state index contributed by atoms with van der Waals surface area (Å²) in [4.78, 5) is 24.9. The molecule has 0 N–H and O–H groups in total. The maximum Gasteiger partial charge on any atom is 0.263 e. The molecule has 8 heteroatoms. The predicted octanol–water partition coefficient (Wildman–Crippen LogP) is 5.37. The smallest absolute Gasteiger partial charge is 0.263 e. The van der Waals surface area contributed by atoms with Crippen LogP contribution in [0.25, 0.3) is 0 Å². The lowest BCUT2D eigenvalue weighted by Gasteiger charge is -1.99. The highest BCUT2D eigenvalue weighted by Gasteiger charge is 2.15. The maximum atomic E-state index is 11.1. The number of hydrogen-bond acceptors (Lipinski definition) is 6. The SMILES string of the molecule is O=C(Cl)c1sccc1SSc1ccsc1C(=O)Cl. The molecule has 0 aliphatic carbocycles. The van der Waals surface area contributed by atoms with Gasteiger partial charge in [-0.25, -0.2) is 0 Å². The Hall–Kier alpha value is 0.0200. The van der Waals surface area contributed by atoms with E-state index in [4.69, 9.17) is 23.2 Å². The van der Waals surface area contributed by atoms with Gasteiger partial charge in [0.2, 0.25) is 0 Å². The molecule has 2 aromatic rings. The first-order chi connectivity index (χ1) is 8.59. The molecule has 0 amide bonds. The van der Waals surface area contributed by atoms with Crippen LogP contribution < -0.4 is 0 Å². The molecule has 0 fully saturated rings. The third kappa shape index (κ3) is 3.31. The minimum atomic E-state index is -0.466. The van der Waals surface area contributed by atoms with Crippen molar-refractivity contribution >= 4 is 77.9 Å². The summed E-state index contributed by atoms with van der Waals surface area (Å²) in [6, 6.07) is 3.65. The van der Waals surface area contributed by atoms with Crippen molar-refractivity contribution < 1.29 is 9.59 Å². The summed E-state index contributed by atoms with van der Waals surface area (Å²) in [5.41, 5.74) is 0. The van der Waals surface area contributed by atoms with E-state index < -0.39 is 10.5 Å². The zero-order valence-corrected chi connectivity index (χ0v) is 13.3. The summed E-state index contributed by atoms with van der Waals surface area (Å²) in [6.07, 6.45) is 0. The number of halogens is 2. The number of hydrogen-bond donors (Lipinski definition) is 0. The van der Waals surface area contributed by atoms with Crippen molar-refractivity contribution in [1.82, 2.24) is 0 Å². The van der Waals surface area contributed by atoms with Gasteiger partial charge in [0.05, 0.1) is 0 Å². The Bertz CT molecular complexity index is 538. The van der Waals surface area contributed by atoms with Crippen LogP contribution in [0.4, 0.5) is 0 Å². The largest absolute Gasteiger partial charge is 0.275 e. The molecule has 0 radical (unpaired) electrons. The highest BCUT2D eigenvalue weighted by molar-refractivity contribution is 8.76. The number of carbonyl (C=O) groups is 2. The Labute approximate surface area is 129 Å². The van der Waals surface area contributed by atoms with E-state index >= 15 is 0 Å². The number of thiophene rings is 2. The van der Waals surface area contributed by atoms with E-state index in [1.54, 1.807) is 10.8 Å². The summed E-state index contributed by atoms with van der Waals surface area (Å²) in [5.74, 6) is 0. The number of rotatable bonds is 5. The normalized spacial score (nSPS) is 10.6. The van der Waals surface area contributed by atoms with Crippen molar-refractivity contribution in [2.24, 2.45) is 0 Å². The molecule has 2 nitrogen and oxygen atoms in total. The minimum absolute atomic E-state index is 0.466. The average Bonchev–Trinajstić information content (AvgIpc) is 2.94. The van der Waals surface area contributed by atoms with Crippen LogP contribution in [0.3, 0.4) is 0 Å². The van der Waals surface area contributed by atoms with Crippen LogP contribution in [0, 0.1) is 0 Å². The lowest BCUT2D eigenvalue weighted by atomic mass is 10.5. The molecule has 0 saturated heterocycles. The Balaban J connectivity index is 2.12. The molecular weight excluding hydrogens is 351 g/mol. The fourth-order valence-corrected chi connectivity index (χ4v) is 6.08. The summed E-state index contributed by atoms with van der Waals surface area (Å²) in [6.45, 7) is 0. The molecule has 2 rings (SSSR count). The van der Waals surface area contributed by atoms with E-state index in [9.17, 15) is 9.59 Å². The molecule has 2 heterocycles. The first kappa shape index (κ1) is 14.4. The molecule has 0 aliphatic rings. The van der Waals surface area contributed by atoms with Crippen LogP contribution in [0.15, 0.2) is 32.7 Å². The van der Waals surface area contributed by atoms with Crippen LogP contribution in [0.2, 0.25) is 0 Å². The number of carbonyl (C=O) groups excluding carboxylic acids is 2. The van der Waals surface area contributed by atoms with Crippen LogP contribution in [0.1, 0.15) is 19.3 Å². The van der Waals surface area contributed by atoms with Gasteiger partial charge in [-0.3, -0.25) is 9.59 Å². The first-order valence-electron chi connectivity index (χ1n) is 4.48. The second kappa shape index (κ2) is 6.45. The molecule has 0 spiro atoms. The van der Waals surface area contributed by atoms with E-state index in [1.165, 1.54) is 44.3 Å². The molecule has 0 unspecified atom stereocenters. The molecule has 18 heavy (non-hydrogen) atoms. The van der Waals surface area contributed by atoms with Gasteiger partial charge in [-0.05, 0) is 46.1 Å². The summed E-state index contributed by atoms with van der Waals surface area (Å²) >= 11 is 13.5. The van der Waals surface area contributed by atoms with Crippen molar-refractivity contribution in [3.63, 3.8) is 0 Å². The maximum absolute atomic E-state index is 11.1. The molecule has 94 valence electrons. The topological polar surface area (TPSA) is 34.1 Å². The zero-order valence-electron chi connectivity index (χ0n) is 8.51. The lowest BCUT2D eigenvalue weighted by Crippen LogP contribution is -1.85. The summed E-state index contributed by atoms with van der Waals surface area (Å²) in [5, 5.41) is 2.68. The highest BCUT2D eigenvalue weighted by Crippen LogP contribution is 2.43. The monoisotopic (exact) mass is 354 g/mol. The van der Waals surface area contributed by atoms with Crippen molar-refractivity contribution in [2.45, 2.75) is 9.79 Å². The fraction of sp³-hybridized carbons (Fsp3) is 0. The Morgan fingerprint density at radius 3 is 1.61 bits per heavy atom. The molecule has 0 bridgehead atoms. The van der Waals surface area contributed by atoms with E-state index in [0.29, 0.717) is 9.75 Å². The highest BCUT2D eigenvalue weighted by atomic mass is 35.5. The molecule has 0 aliphatic heterocycles. The fourth-order valence-electron chi connectivity index (χ4n) is 1.10. The van der Waals surface area contributed by atoms with E-state index in [-0.39, 0.29) is 0 Å². The van der Waals surface area contributed by atoms with Crippen molar-refractivity contribution in [2.75, 3.05) is 0 Å². The quantitative estimate of drug-likeness (QED) is 0.534. The average molecular weight is 355 g/mol. The van der Waals surface area contributed by atoms with Crippen molar-refractivity contribution in [3.8, 4) is 0 Å². The van der Waals surface area contributed by atoms with E-state index in [0.717, 1.165) is 9.79 Å². The zero-order chi connectivity index (χ0) is 13.1. The predicted molar refractivity (Wildman–Crippen MR) is 80.7 cm³/mol. The van der Waals surface area contributed by atoms with Crippen molar-refractivity contribution in [3.05, 3.63) is 32.6 Å². The van der Waals surface area contributed by atoms with Crippen LogP contribution in [-0.2, 0) is 0 Å². The standard InChI is InChI=1S/C10H4Cl2O2S4/c11-9(13)7-5(1-3-15-7)17-18-6-2-4-16-8(6)10(12)14/h1-4H. The Morgan fingerprint density at radius 2 is 1.28 bits per heavy atom. The van der Waals surface area contributed by atoms with E-state index in [1.807, 2.05) is 12.1 Å². The van der Waals surface area contributed by atoms with Gasteiger partial charge in [0.15, 0.2) is 0 Å². The minimum Gasteiger partial charge on any atom is -0.275 e. The van der Waals surface area contributed by atoms with Crippen LogP contribution in [-0.4, -0.2) is 10.5 Å². The van der Waals surface area contributed by atoms with E-state index in [2.05, 4.69) is 0 Å². The van der Waals surface area contributed by atoms with Gasteiger partial charge in [-0.15, -0.1) is 22.7 Å². The summed E-state index contributed by atoms with van der Waals surface area (Å²) in [7, 11) is 2.78. The van der Waals surface area contributed by atoms with Gasteiger partial charge in [-0.1, -0.05) is 21.6 Å². The summed E-state index contributed by atoms with van der Waals surface area (Å²) < 4.78 is 0. The van der Waals surface area contributed by atoms with Gasteiger partial charge in [0.1, 0.15) is 9.75 Å². The molecule has 0 aromatic carbocycles. The van der Waals surface area contributed by atoms with Crippen LogP contribution >= 0.6 is 67.5 Å². The third-order valence-corrected chi connectivity index (χ3v) is 6.97.